The van der Waals surface area contributed by atoms with Crippen molar-refractivity contribution in [2.75, 3.05) is 6.61 Å². The van der Waals surface area contributed by atoms with Crippen LogP contribution < -0.4 is 0 Å². The fraction of sp³-hybridized carbons (Fsp3) is 0.786. The zero-order valence-electron chi connectivity index (χ0n) is 10.2. The largest absolute Gasteiger partial charge is 0.459 e. The molecular formula is C14H18O4. The predicted molar refractivity (Wildman–Crippen MR) is 62.6 cm³/mol. The van der Waals surface area contributed by atoms with Crippen LogP contribution in [0.4, 0.5) is 0 Å². The zero-order chi connectivity index (χ0) is 12.4. The Hall–Kier alpha value is -0.870. The van der Waals surface area contributed by atoms with E-state index in [0.717, 1.165) is 18.3 Å². The fourth-order valence-corrected chi connectivity index (χ4v) is 4.67. The van der Waals surface area contributed by atoms with E-state index in [1.165, 1.54) is 12.8 Å². The van der Waals surface area contributed by atoms with E-state index in [1.807, 2.05) is 0 Å². The number of aliphatic hydroxyl groups is 1. The van der Waals surface area contributed by atoms with Gasteiger partial charge in [-0.1, -0.05) is 6.58 Å². The third-order valence-corrected chi connectivity index (χ3v) is 5.43. The van der Waals surface area contributed by atoms with Gasteiger partial charge in [-0.2, -0.15) is 0 Å². The highest BCUT2D eigenvalue weighted by Gasteiger charge is 2.67. The highest BCUT2D eigenvalue weighted by Crippen LogP contribution is 2.64. The van der Waals surface area contributed by atoms with Gasteiger partial charge >= 0.3 is 5.97 Å². The molecule has 1 N–H and O–H groups in total. The number of fused-ring (bicyclic) bond motifs is 7. The normalized spacial score (nSPS) is 50.8. The molecule has 3 aliphatic carbocycles. The quantitative estimate of drug-likeness (QED) is 0.459. The lowest BCUT2D eigenvalue weighted by molar-refractivity contribution is -0.149. The molecule has 0 radical (unpaired) electrons. The molecule has 98 valence electrons. The van der Waals surface area contributed by atoms with Gasteiger partial charge in [-0.25, -0.2) is 4.79 Å². The summed E-state index contributed by atoms with van der Waals surface area (Å²) in [5.41, 5.74) is 0.154. The van der Waals surface area contributed by atoms with E-state index in [4.69, 9.17) is 14.6 Å². The lowest BCUT2D eigenvalue weighted by atomic mass is 9.79. The van der Waals surface area contributed by atoms with E-state index in [9.17, 15) is 4.79 Å². The van der Waals surface area contributed by atoms with Crippen molar-refractivity contribution in [2.45, 2.75) is 37.6 Å². The molecule has 3 saturated carbocycles. The minimum Gasteiger partial charge on any atom is -0.459 e. The van der Waals surface area contributed by atoms with Crippen LogP contribution in [0.3, 0.4) is 0 Å². The number of ether oxygens (including phenoxy) is 2. The Balaban J connectivity index is 1.46. The van der Waals surface area contributed by atoms with Gasteiger partial charge in [0, 0.05) is 5.92 Å². The number of carbonyl (C=O) groups is 1. The molecule has 4 rings (SSSR count). The first kappa shape index (κ1) is 11.0. The SMILES string of the molecule is C=C(CO)C(=O)OC1CC2CC1C1C2C[C@H]2OC12. The minimum atomic E-state index is -0.433. The molecule has 0 aromatic rings. The van der Waals surface area contributed by atoms with Crippen LogP contribution in [-0.4, -0.2) is 36.0 Å². The number of hydrogen-bond donors (Lipinski definition) is 1. The lowest BCUT2D eigenvalue weighted by Gasteiger charge is -2.32. The molecule has 0 aromatic heterocycles. The van der Waals surface area contributed by atoms with Crippen LogP contribution in [-0.2, 0) is 14.3 Å². The van der Waals surface area contributed by atoms with Gasteiger partial charge in [0.1, 0.15) is 6.10 Å². The van der Waals surface area contributed by atoms with Gasteiger partial charge < -0.3 is 14.6 Å². The maximum Gasteiger partial charge on any atom is 0.336 e. The number of hydrogen-bond acceptors (Lipinski definition) is 4. The first-order chi connectivity index (χ1) is 8.69. The predicted octanol–water partition coefficient (Wildman–Crippen LogP) is 0.890. The van der Waals surface area contributed by atoms with Gasteiger partial charge in [0.05, 0.1) is 24.4 Å². The van der Waals surface area contributed by atoms with Crippen LogP contribution in [0.2, 0.25) is 0 Å². The van der Waals surface area contributed by atoms with Gasteiger partial charge in [0.15, 0.2) is 0 Å². The summed E-state index contributed by atoms with van der Waals surface area (Å²) in [6.07, 6.45) is 4.39. The molecule has 0 spiro atoms. The number of aliphatic hydroxyl groups excluding tert-OH is 1. The number of carbonyl (C=O) groups excluding carboxylic acids is 1. The van der Waals surface area contributed by atoms with Crippen LogP contribution in [0, 0.1) is 23.7 Å². The topological polar surface area (TPSA) is 59.1 Å². The van der Waals surface area contributed by atoms with Gasteiger partial charge in [0.2, 0.25) is 0 Å². The minimum absolute atomic E-state index is 0.0231. The molecule has 4 heteroatoms. The molecule has 18 heavy (non-hydrogen) atoms. The summed E-state index contributed by atoms with van der Waals surface area (Å²) in [6, 6.07) is 0. The molecule has 7 atom stereocenters. The second-order valence-corrected chi connectivity index (χ2v) is 6.22. The van der Waals surface area contributed by atoms with E-state index in [2.05, 4.69) is 6.58 Å². The van der Waals surface area contributed by atoms with Crippen molar-refractivity contribution in [3.8, 4) is 0 Å². The van der Waals surface area contributed by atoms with E-state index in [0.29, 0.717) is 24.0 Å². The molecule has 1 saturated heterocycles. The van der Waals surface area contributed by atoms with E-state index >= 15 is 0 Å². The summed E-state index contributed by atoms with van der Waals surface area (Å²) in [6.45, 7) is 3.20. The summed E-state index contributed by atoms with van der Waals surface area (Å²) in [5.74, 6) is 2.20. The summed E-state index contributed by atoms with van der Waals surface area (Å²) in [5, 5.41) is 8.89. The van der Waals surface area contributed by atoms with E-state index in [-0.39, 0.29) is 18.3 Å². The van der Waals surface area contributed by atoms with Crippen LogP contribution in [0.15, 0.2) is 12.2 Å². The summed E-state index contributed by atoms with van der Waals surface area (Å²) >= 11 is 0. The Kier molecular flexibility index (Phi) is 2.19. The van der Waals surface area contributed by atoms with Crippen LogP contribution in [0.25, 0.3) is 0 Å². The average Bonchev–Trinajstić information content (AvgIpc) is 2.76. The Bertz CT molecular complexity index is 418. The van der Waals surface area contributed by atoms with Gasteiger partial charge in [-0.15, -0.1) is 0 Å². The molecule has 4 fully saturated rings. The second kappa shape index (κ2) is 3.58. The number of rotatable bonds is 3. The van der Waals surface area contributed by atoms with Crippen molar-refractivity contribution in [3.63, 3.8) is 0 Å². The second-order valence-electron chi connectivity index (χ2n) is 6.22. The first-order valence-corrected chi connectivity index (χ1v) is 6.84. The maximum atomic E-state index is 11.7. The fourth-order valence-electron chi connectivity index (χ4n) is 4.67. The lowest BCUT2D eigenvalue weighted by Crippen LogP contribution is -2.35. The molecule has 6 unspecified atom stereocenters. The van der Waals surface area contributed by atoms with Crippen molar-refractivity contribution < 1.29 is 19.4 Å². The van der Waals surface area contributed by atoms with Crippen LogP contribution in [0.5, 0.6) is 0 Å². The van der Waals surface area contributed by atoms with Crippen molar-refractivity contribution in [3.05, 3.63) is 12.2 Å². The number of esters is 1. The smallest absolute Gasteiger partial charge is 0.336 e. The monoisotopic (exact) mass is 250 g/mol. The molecular weight excluding hydrogens is 232 g/mol. The molecule has 2 bridgehead atoms. The molecule has 4 nitrogen and oxygen atoms in total. The summed E-state index contributed by atoms with van der Waals surface area (Å²) < 4.78 is 11.2. The zero-order valence-corrected chi connectivity index (χ0v) is 10.2. The van der Waals surface area contributed by atoms with Gasteiger partial charge in [-0.05, 0) is 37.0 Å². The van der Waals surface area contributed by atoms with Gasteiger partial charge in [0.25, 0.3) is 0 Å². The molecule has 4 aliphatic rings. The van der Waals surface area contributed by atoms with Crippen molar-refractivity contribution in [1.82, 2.24) is 0 Å². The van der Waals surface area contributed by atoms with Crippen LogP contribution >= 0.6 is 0 Å². The molecule has 0 aromatic carbocycles. The van der Waals surface area contributed by atoms with E-state index < -0.39 is 5.97 Å². The van der Waals surface area contributed by atoms with Gasteiger partial charge in [-0.3, -0.25) is 0 Å². The Morgan fingerprint density at radius 1 is 1.33 bits per heavy atom. The molecule has 1 aliphatic heterocycles. The van der Waals surface area contributed by atoms with E-state index in [1.54, 1.807) is 0 Å². The molecule has 0 amide bonds. The van der Waals surface area contributed by atoms with Crippen molar-refractivity contribution in [2.24, 2.45) is 23.7 Å². The standard InChI is InChI=1S/C14H18O4/c1-6(5-15)14(16)18-10-3-7-2-9(10)12-8(7)4-11-13(12)17-11/h7-13,15H,1-5H2/t7?,8?,9?,10?,11-,12?,13?/m1/s1. The highest BCUT2D eigenvalue weighted by molar-refractivity contribution is 5.88. The number of epoxide rings is 1. The summed E-state index contributed by atoms with van der Waals surface area (Å²) in [7, 11) is 0. The Labute approximate surface area is 106 Å². The molecule has 1 heterocycles. The maximum absolute atomic E-state index is 11.7. The van der Waals surface area contributed by atoms with Crippen molar-refractivity contribution in [1.29, 1.82) is 0 Å². The Morgan fingerprint density at radius 3 is 2.94 bits per heavy atom. The Morgan fingerprint density at radius 2 is 2.17 bits per heavy atom. The third kappa shape index (κ3) is 1.36. The highest BCUT2D eigenvalue weighted by atomic mass is 16.6. The van der Waals surface area contributed by atoms with Crippen LogP contribution in [0.1, 0.15) is 19.3 Å². The average molecular weight is 250 g/mol. The third-order valence-electron chi connectivity index (χ3n) is 5.43. The first-order valence-electron chi connectivity index (χ1n) is 6.84. The van der Waals surface area contributed by atoms with Crippen molar-refractivity contribution >= 4 is 5.97 Å². The summed E-state index contributed by atoms with van der Waals surface area (Å²) in [4.78, 5) is 11.7.